The number of aromatic nitrogens is 3. The van der Waals surface area contributed by atoms with Crippen LogP contribution >= 0.6 is 0 Å². The third kappa shape index (κ3) is 8.86. The molecule has 0 saturated heterocycles. The van der Waals surface area contributed by atoms with E-state index in [4.69, 9.17) is 14.5 Å². The molecular formula is C31H44N6O3. The molecule has 9 nitrogen and oxygen atoms in total. The Morgan fingerprint density at radius 2 is 1.90 bits per heavy atom. The second-order valence-electron chi connectivity index (χ2n) is 10.9. The molecule has 0 spiro atoms. The van der Waals surface area contributed by atoms with E-state index in [9.17, 15) is 4.79 Å². The first-order valence-corrected chi connectivity index (χ1v) is 14.6. The van der Waals surface area contributed by atoms with E-state index in [0.29, 0.717) is 12.2 Å². The number of para-hydroxylation sites is 2. The van der Waals surface area contributed by atoms with Crippen LogP contribution in [-0.2, 0) is 27.1 Å². The predicted molar refractivity (Wildman–Crippen MR) is 160 cm³/mol. The van der Waals surface area contributed by atoms with E-state index in [1.165, 1.54) is 12.0 Å². The predicted octanol–water partition coefficient (Wildman–Crippen LogP) is 4.86. The zero-order chi connectivity index (χ0) is 28.3. The van der Waals surface area contributed by atoms with Gasteiger partial charge in [0.25, 0.3) is 0 Å². The highest BCUT2D eigenvalue weighted by molar-refractivity contribution is 5.80. The van der Waals surface area contributed by atoms with Gasteiger partial charge in [-0.3, -0.25) is 4.98 Å². The lowest BCUT2D eigenvalue weighted by Crippen LogP contribution is -2.39. The number of methoxy groups -OCH3 is 1. The third-order valence-electron chi connectivity index (χ3n) is 7.17. The minimum Gasteiger partial charge on any atom is -0.461 e. The smallest absolute Gasteiger partial charge is 0.328 e. The fourth-order valence-corrected chi connectivity index (χ4v) is 4.96. The standard InChI is InChI=1S/C31H44N6O3/c1-22(2)40-31(38)28(36-29-20-33-26-12-5-6-13-27(26)35-29)16-19-37(21-23(3)39-4)18-8-7-11-25-15-14-24-10-9-17-32-30(24)34-25/h5-6,12-15,20,22-23,28H,7-11,16-19,21H2,1-4H3,(H,32,34)(H,35,36)/t23-,28+/m1/s1. The van der Waals surface area contributed by atoms with Gasteiger partial charge in [0, 0.05) is 32.4 Å². The quantitative estimate of drug-likeness (QED) is 0.204. The second-order valence-corrected chi connectivity index (χ2v) is 10.9. The van der Waals surface area contributed by atoms with Crippen molar-refractivity contribution < 1.29 is 14.3 Å². The van der Waals surface area contributed by atoms with Gasteiger partial charge in [-0.05, 0) is 89.6 Å². The highest BCUT2D eigenvalue weighted by Crippen LogP contribution is 2.20. The number of nitrogens with one attached hydrogen (secondary N) is 2. The summed E-state index contributed by atoms with van der Waals surface area (Å²) in [6.45, 7) is 9.24. The maximum Gasteiger partial charge on any atom is 0.328 e. The van der Waals surface area contributed by atoms with Crippen LogP contribution in [0.2, 0.25) is 0 Å². The number of esters is 1. The minimum atomic E-state index is -0.537. The number of rotatable bonds is 15. The summed E-state index contributed by atoms with van der Waals surface area (Å²) in [7, 11) is 1.74. The molecule has 9 heteroatoms. The van der Waals surface area contributed by atoms with Crippen molar-refractivity contribution in [2.45, 2.75) is 77.5 Å². The minimum absolute atomic E-state index is 0.0915. The number of carbonyl (C=O) groups excluding carboxylic acids is 1. The van der Waals surface area contributed by atoms with Crippen molar-refractivity contribution in [3.8, 4) is 0 Å². The summed E-state index contributed by atoms with van der Waals surface area (Å²) in [6, 6.07) is 11.6. The molecule has 0 unspecified atom stereocenters. The Morgan fingerprint density at radius 3 is 2.70 bits per heavy atom. The van der Waals surface area contributed by atoms with Crippen LogP contribution in [0.3, 0.4) is 0 Å². The van der Waals surface area contributed by atoms with E-state index in [2.05, 4.69) is 44.6 Å². The number of nitrogens with zero attached hydrogens (tertiary/aromatic N) is 4. The fourth-order valence-electron chi connectivity index (χ4n) is 4.96. The van der Waals surface area contributed by atoms with Crippen LogP contribution in [0.15, 0.2) is 42.6 Å². The van der Waals surface area contributed by atoms with Gasteiger partial charge in [-0.1, -0.05) is 18.2 Å². The largest absolute Gasteiger partial charge is 0.461 e. The summed E-state index contributed by atoms with van der Waals surface area (Å²) < 4.78 is 11.2. The number of unbranched alkanes of at least 4 members (excludes halogenated alkanes) is 1. The van der Waals surface area contributed by atoms with Crippen molar-refractivity contribution >= 4 is 28.6 Å². The van der Waals surface area contributed by atoms with E-state index >= 15 is 0 Å². The van der Waals surface area contributed by atoms with Crippen LogP contribution in [0.4, 0.5) is 11.6 Å². The van der Waals surface area contributed by atoms with Gasteiger partial charge in [-0.2, -0.15) is 0 Å². The number of aryl methyl sites for hydroxylation is 2. The topological polar surface area (TPSA) is 102 Å². The molecule has 40 heavy (non-hydrogen) atoms. The van der Waals surface area contributed by atoms with Gasteiger partial charge in [-0.25, -0.2) is 14.8 Å². The first-order chi connectivity index (χ1) is 19.4. The van der Waals surface area contributed by atoms with Gasteiger partial charge in [0.2, 0.25) is 0 Å². The van der Waals surface area contributed by atoms with E-state index in [1.54, 1.807) is 13.3 Å². The summed E-state index contributed by atoms with van der Waals surface area (Å²) in [4.78, 5) is 29.4. The highest BCUT2D eigenvalue weighted by Gasteiger charge is 2.23. The van der Waals surface area contributed by atoms with E-state index in [1.807, 2.05) is 38.1 Å². The number of pyridine rings is 1. The maximum absolute atomic E-state index is 13.0. The molecule has 1 aromatic carbocycles. The van der Waals surface area contributed by atoms with Crippen molar-refractivity contribution in [3.05, 3.63) is 53.9 Å². The molecule has 2 N–H and O–H groups in total. The Kier molecular flexibility index (Phi) is 11.1. The maximum atomic E-state index is 13.0. The summed E-state index contributed by atoms with van der Waals surface area (Å²) in [5.74, 6) is 1.34. The Balaban J connectivity index is 1.35. The van der Waals surface area contributed by atoms with E-state index in [-0.39, 0.29) is 18.2 Å². The van der Waals surface area contributed by atoms with Gasteiger partial charge < -0.3 is 25.0 Å². The number of benzene rings is 1. The molecule has 3 aromatic rings. The molecule has 216 valence electrons. The summed E-state index contributed by atoms with van der Waals surface area (Å²) in [5, 5.41) is 6.72. The molecule has 0 radical (unpaired) electrons. The fraction of sp³-hybridized carbons (Fsp3) is 0.548. The van der Waals surface area contributed by atoms with Crippen molar-refractivity contribution in [1.82, 2.24) is 19.9 Å². The van der Waals surface area contributed by atoms with Crippen LogP contribution < -0.4 is 10.6 Å². The van der Waals surface area contributed by atoms with Gasteiger partial charge in [0.15, 0.2) is 0 Å². The highest BCUT2D eigenvalue weighted by atomic mass is 16.5. The Hall–Kier alpha value is -3.30. The lowest BCUT2D eigenvalue weighted by Gasteiger charge is -2.27. The van der Waals surface area contributed by atoms with Crippen molar-refractivity contribution in [3.63, 3.8) is 0 Å². The first-order valence-electron chi connectivity index (χ1n) is 14.6. The van der Waals surface area contributed by atoms with Crippen LogP contribution in [0.5, 0.6) is 0 Å². The zero-order valence-electron chi connectivity index (χ0n) is 24.4. The lowest BCUT2D eigenvalue weighted by atomic mass is 10.1. The number of carbonyl (C=O) groups is 1. The number of fused-ring (bicyclic) bond motifs is 2. The summed E-state index contributed by atoms with van der Waals surface area (Å²) >= 11 is 0. The average Bonchev–Trinajstić information content (AvgIpc) is 2.96. The Labute approximate surface area is 238 Å². The molecule has 4 rings (SSSR count). The van der Waals surface area contributed by atoms with Crippen molar-refractivity contribution in [2.24, 2.45) is 0 Å². The molecule has 1 aliphatic rings. The lowest BCUT2D eigenvalue weighted by molar-refractivity contribution is -0.148. The number of ether oxygens (including phenoxy) is 2. The molecule has 2 aromatic heterocycles. The molecule has 0 saturated carbocycles. The van der Waals surface area contributed by atoms with Crippen molar-refractivity contribution in [1.29, 1.82) is 0 Å². The first kappa shape index (κ1) is 29.7. The van der Waals surface area contributed by atoms with Crippen LogP contribution in [0, 0.1) is 0 Å². The summed E-state index contributed by atoms with van der Waals surface area (Å²) in [6.07, 6.45) is 7.46. The number of hydrogen-bond acceptors (Lipinski definition) is 9. The Morgan fingerprint density at radius 1 is 1.07 bits per heavy atom. The molecule has 3 heterocycles. The van der Waals surface area contributed by atoms with Crippen molar-refractivity contribution in [2.75, 3.05) is 43.9 Å². The molecular weight excluding hydrogens is 504 g/mol. The SMILES string of the molecule is CO[C@H](C)CN(CCCCc1ccc2c(n1)NCCC2)CC[C@H](Nc1cnc2ccccc2n1)C(=O)OC(C)C. The van der Waals surface area contributed by atoms with E-state index < -0.39 is 6.04 Å². The molecule has 0 aliphatic carbocycles. The monoisotopic (exact) mass is 548 g/mol. The third-order valence-corrected chi connectivity index (χ3v) is 7.17. The van der Waals surface area contributed by atoms with Crippen LogP contribution in [-0.4, -0.2) is 77.4 Å². The number of hydrogen-bond donors (Lipinski definition) is 2. The average molecular weight is 549 g/mol. The zero-order valence-corrected chi connectivity index (χ0v) is 24.4. The van der Waals surface area contributed by atoms with Gasteiger partial charge in [0.05, 0.1) is 29.4 Å². The van der Waals surface area contributed by atoms with Crippen LogP contribution in [0.25, 0.3) is 11.0 Å². The number of anilines is 2. The second kappa shape index (κ2) is 14.9. The molecule has 0 bridgehead atoms. The van der Waals surface area contributed by atoms with Gasteiger partial charge >= 0.3 is 5.97 Å². The Bertz CT molecular complexity index is 1240. The molecule has 0 fully saturated rings. The van der Waals surface area contributed by atoms with Gasteiger partial charge in [0.1, 0.15) is 17.7 Å². The molecule has 0 amide bonds. The van der Waals surface area contributed by atoms with Gasteiger partial charge in [-0.15, -0.1) is 0 Å². The molecule has 1 aliphatic heterocycles. The normalized spacial score (nSPS) is 14.6. The van der Waals surface area contributed by atoms with Crippen LogP contribution in [0.1, 0.15) is 57.7 Å². The van der Waals surface area contributed by atoms with E-state index in [0.717, 1.165) is 74.4 Å². The summed E-state index contributed by atoms with van der Waals surface area (Å²) in [5.41, 5.74) is 4.06. The molecule has 2 atom stereocenters.